The molecule has 4 heterocycles. The summed E-state index contributed by atoms with van der Waals surface area (Å²) in [6.45, 7) is 4.39. The highest BCUT2D eigenvalue weighted by Crippen LogP contribution is 2.32. The molecule has 5 atom stereocenters. The average Bonchev–Trinajstić information content (AvgIpc) is 3.93. The van der Waals surface area contributed by atoms with Crippen LogP contribution in [0.25, 0.3) is 33.5 Å². The lowest BCUT2D eigenvalue weighted by molar-refractivity contribution is -0.138. The molecule has 0 spiro atoms. The Bertz CT molecular complexity index is 1980. The van der Waals surface area contributed by atoms with E-state index in [0.717, 1.165) is 22.3 Å². The van der Waals surface area contributed by atoms with Crippen LogP contribution in [0.3, 0.4) is 0 Å². The van der Waals surface area contributed by atoms with E-state index in [4.69, 9.17) is 33.2 Å². The van der Waals surface area contributed by atoms with Crippen LogP contribution in [-0.2, 0) is 39.8 Å². The highest BCUT2D eigenvalue weighted by Gasteiger charge is 2.51. The molecule has 0 aliphatic carbocycles. The number of rotatable bonds is 12. The van der Waals surface area contributed by atoms with Gasteiger partial charge in [-0.1, -0.05) is 62.0 Å². The minimum Gasteiger partial charge on any atom is -0.465 e. The number of carbonyl (C=O) groups is 3. The summed E-state index contributed by atoms with van der Waals surface area (Å²) in [7, 11) is 0. The maximum absolute atomic E-state index is 13.5. The summed E-state index contributed by atoms with van der Waals surface area (Å²) in [6, 6.07) is 21.1. The van der Waals surface area contributed by atoms with E-state index in [2.05, 4.69) is 25.6 Å². The maximum atomic E-state index is 13.5. The highest BCUT2D eigenvalue weighted by atomic mass is 16.8. The van der Waals surface area contributed by atoms with Gasteiger partial charge < -0.3 is 33.2 Å². The third-order valence-corrected chi connectivity index (χ3v) is 8.32. The van der Waals surface area contributed by atoms with Gasteiger partial charge >= 0.3 is 12.1 Å². The van der Waals surface area contributed by atoms with E-state index in [0.29, 0.717) is 42.5 Å². The summed E-state index contributed by atoms with van der Waals surface area (Å²) in [6.07, 6.45) is -4.93. The van der Waals surface area contributed by atoms with E-state index in [1.54, 1.807) is 22.8 Å². The molecule has 16 nitrogen and oxygen atoms in total. The molecule has 3 unspecified atom stereocenters. The number of imidazole rings is 1. The van der Waals surface area contributed by atoms with Crippen molar-refractivity contribution < 1.29 is 47.5 Å². The number of para-hydroxylation sites is 1. The molecule has 2 fully saturated rings. The predicted molar refractivity (Wildman–Crippen MR) is 178 cm³/mol. The van der Waals surface area contributed by atoms with Crippen LogP contribution < -0.4 is 4.74 Å². The van der Waals surface area contributed by atoms with Gasteiger partial charge in [-0.15, -0.1) is 10.2 Å². The Morgan fingerprint density at radius 1 is 0.980 bits per heavy atom. The van der Waals surface area contributed by atoms with Gasteiger partial charge in [0.2, 0.25) is 12.1 Å². The number of benzene rings is 3. The maximum Gasteiger partial charge on any atom is 0.511 e. The number of ether oxygens (including phenoxy) is 7. The summed E-state index contributed by atoms with van der Waals surface area (Å²) in [5.41, 5.74) is 4.86. The van der Waals surface area contributed by atoms with Gasteiger partial charge in [0.15, 0.2) is 12.2 Å². The fourth-order valence-corrected chi connectivity index (χ4v) is 6.14. The van der Waals surface area contributed by atoms with Gasteiger partial charge in [-0.25, -0.2) is 9.59 Å². The molecule has 2 aliphatic rings. The number of H-pyrrole nitrogens is 1. The first kappa shape index (κ1) is 35.0. The lowest BCUT2D eigenvalue weighted by Gasteiger charge is -2.19. The van der Waals surface area contributed by atoms with Crippen LogP contribution in [0.2, 0.25) is 0 Å². The van der Waals surface area contributed by atoms with Crippen LogP contribution in [0, 0.1) is 0 Å². The molecule has 0 saturated carbocycles. The van der Waals surface area contributed by atoms with Gasteiger partial charge in [0, 0.05) is 12.5 Å². The van der Waals surface area contributed by atoms with Crippen LogP contribution in [-0.4, -0.2) is 99.3 Å². The minimum absolute atomic E-state index is 0. The Balaban J connectivity index is 0.00000448. The molecule has 1 N–H and O–H groups in total. The molecule has 2 aromatic heterocycles. The Labute approximate surface area is 291 Å². The van der Waals surface area contributed by atoms with Crippen molar-refractivity contribution in [3.63, 3.8) is 0 Å². The molecule has 2 saturated heterocycles. The smallest absolute Gasteiger partial charge is 0.465 e. The van der Waals surface area contributed by atoms with E-state index in [1.165, 1.54) is 6.92 Å². The van der Waals surface area contributed by atoms with Gasteiger partial charge in [-0.2, -0.15) is 10.2 Å². The van der Waals surface area contributed by atoms with Crippen molar-refractivity contribution in [1.29, 1.82) is 0 Å². The van der Waals surface area contributed by atoms with Crippen LogP contribution in [0.1, 0.15) is 37.2 Å². The Hall–Kier alpha value is -5.87. The van der Waals surface area contributed by atoms with E-state index in [-0.39, 0.29) is 26.2 Å². The van der Waals surface area contributed by atoms with Crippen LogP contribution in [0.15, 0.2) is 66.7 Å². The topological polar surface area (TPSA) is 188 Å². The molecular formula is C35H36N6O10. The Morgan fingerprint density at radius 3 is 2.45 bits per heavy atom. The molecule has 266 valence electrons. The summed E-state index contributed by atoms with van der Waals surface area (Å²) in [4.78, 5) is 41.4. The average molecular weight is 701 g/mol. The van der Waals surface area contributed by atoms with Crippen molar-refractivity contribution >= 4 is 29.6 Å². The van der Waals surface area contributed by atoms with E-state index in [9.17, 15) is 14.4 Å². The zero-order chi connectivity index (χ0) is 34.6. The Morgan fingerprint density at radius 2 is 1.73 bits per heavy atom. The second kappa shape index (κ2) is 15.3. The fourth-order valence-electron chi connectivity index (χ4n) is 6.14. The summed E-state index contributed by atoms with van der Waals surface area (Å²) < 4.78 is 39.9. The second-order valence-electron chi connectivity index (χ2n) is 11.4. The zero-order valence-corrected chi connectivity index (χ0v) is 27.0. The van der Waals surface area contributed by atoms with Gasteiger partial charge in [-0.3, -0.25) is 9.36 Å². The number of tetrazole rings is 1. The standard InChI is InChI=1S/C34H32N6O10.CH4/c1-3-44-33-35-25-10-6-9-24(32(42)48-19(2)49-34(43)50-27-17-46-29-26(47-18-41)16-45-30(27)29)28(25)40(33)15-20-11-13-21(14-12-20)22-7-4-5-8-23(22)31-36-38-39-37-31;/h4-14,18-19,26-27,29-30H,3,15-17H2,1-2H3,(H,36,37,38,39);1H4/t19?,26-,27+,29?,30?;/m1./s1. The number of aromatic amines is 1. The van der Waals surface area contributed by atoms with Gasteiger partial charge in [0.05, 0.1) is 43.0 Å². The zero-order valence-electron chi connectivity index (χ0n) is 27.0. The van der Waals surface area contributed by atoms with Crippen molar-refractivity contribution in [1.82, 2.24) is 30.2 Å². The number of aromatic nitrogens is 6. The summed E-state index contributed by atoms with van der Waals surface area (Å²) >= 11 is 0. The molecular weight excluding hydrogens is 664 g/mol. The number of nitrogens with zero attached hydrogens (tertiary/aromatic N) is 5. The van der Waals surface area contributed by atoms with Crippen molar-refractivity contribution in [2.45, 2.75) is 58.5 Å². The molecule has 2 aliphatic heterocycles. The fraction of sp³-hybridized carbons (Fsp3) is 0.343. The number of hydrogen-bond acceptors (Lipinski definition) is 14. The molecule has 0 amide bonds. The first-order valence-corrected chi connectivity index (χ1v) is 15.9. The quantitative estimate of drug-likeness (QED) is 0.0838. The lowest BCUT2D eigenvalue weighted by Crippen LogP contribution is -2.35. The van der Waals surface area contributed by atoms with Crippen molar-refractivity contribution in [3.8, 4) is 28.5 Å². The van der Waals surface area contributed by atoms with Gasteiger partial charge in [0.1, 0.15) is 12.2 Å². The van der Waals surface area contributed by atoms with E-state index in [1.807, 2.05) is 55.5 Å². The molecule has 51 heavy (non-hydrogen) atoms. The SMILES string of the molecule is C.CCOc1nc2cccc(C(=O)OC(C)OC(=O)O[C@H]3COC4C3OC[C@H]4OC=O)c2n1Cc1ccc(-c2ccccc2-c2nn[nH]n2)cc1. The number of carbonyl (C=O) groups excluding carboxylic acids is 3. The minimum atomic E-state index is -1.30. The first-order valence-electron chi connectivity index (χ1n) is 15.9. The lowest BCUT2D eigenvalue weighted by atomic mass is 9.98. The monoisotopic (exact) mass is 700 g/mol. The van der Waals surface area contributed by atoms with Crippen LogP contribution in [0.4, 0.5) is 4.79 Å². The van der Waals surface area contributed by atoms with Crippen LogP contribution >= 0.6 is 0 Å². The highest BCUT2D eigenvalue weighted by molar-refractivity contribution is 6.02. The normalized spacial score (nSPS) is 19.8. The molecule has 0 radical (unpaired) electrons. The van der Waals surface area contributed by atoms with E-state index < -0.39 is 42.8 Å². The Kier molecular flexibility index (Phi) is 10.5. The van der Waals surface area contributed by atoms with Crippen molar-refractivity contribution in [2.24, 2.45) is 0 Å². The van der Waals surface area contributed by atoms with Gasteiger partial charge in [-0.05, 0) is 41.0 Å². The molecule has 0 bridgehead atoms. The number of nitrogens with one attached hydrogen (secondary N) is 1. The number of fused-ring (bicyclic) bond motifs is 2. The summed E-state index contributed by atoms with van der Waals surface area (Å²) in [5, 5.41) is 14.4. The largest absolute Gasteiger partial charge is 0.511 e. The van der Waals surface area contributed by atoms with Gasteiger partial charge in [0.25, 0.3) is 12.5 Å². The first-order chi connectivity index (χ1) is 24.4. The third kappa shape index (κ3) is 7.22. The summed E-state index contributed by atoms with van der Waals surface area (Å²) in [5.74, 6) is -0.251. The third-order valence-electron chi connectivity index (χ3n) is 8.32. The second-order valence-corrected chi connectivity index (χ2v) is 11.4. The van der Waals surface area contributed by atoms with Crippen molar-refractivity contribution in [3.05, 3.63) is 77.9 Å². The van der Waals surface area contributed by atoms with Crippen LogP contribution in [0.5, 0.6) is 6.01 Å². The molecule has 5 aromatic rings. The molecule has 7 rings (SSSR count). The number of hydrogen-bond donors (Lipinski definition) is 1. The van der Waals surface area contributed by atoms with Crippen molar-refractivity contribution in [2.75, 3.05) is 19.8 Å². The number of esters is 1. The molecule has 16 heteroatoms. The van der Waals surface area contributed by atoms with E-state index >= 15 is 0 Å². The predicted octanol–water partition coefficient (Wildman–Crippen LogP) is 4.33. The molecule has 3 aromatic carbocycles.